The number of aliphatic hydroxyl groups is 1. The van der Waals surface area contributed by atoms with E-state index in [1.165, 1.54) is 42.3 Å². The highest BCUT2D eigenvalue weighted by atomic mass is 35.5. The van der Waals surface area contributed by atoms with Gasteiger partial charge in [-0.2, -0.15) is 0 Å². The zero-order chi connectivity index (χ0) is 24.8. The molecule has 3 amide bonds. The van der Waals surface area contributed by atoms with Gasteiger partial charge in [0.15, 0.2) is 5.13 Å². The Morgan fingerprint density at radius 3 is 2.79 bits per heavy atom. The average molecular weight is 513 g/mol. The zero-order valence-electron chi connectivity index (χ0n) is 18.3. The second kappa shape index (κ2) is 11.4. The zero-order valence-corrected chi connectivity index (χ0v) is 19.9. The van der Waals surface area contributed by atoms with E-state index in [9.17, 15) is 23.5 Å². The van der Waals surface area contributed by atoms with Gasteiger partial charge >= 0.3 is 12.1 Å². The fraction of sp³-hybridized carbons (Fsp3) is 0.318. The number of amides is 3. The van der Waals surface area contributed by atoms with Crippen LogP contribution >= 0.6 is 22.9 Å². The maximum absolute atomic E-state index is 13.6. The van der Waals surface area contributed by atoms with Gasteiger partial charge < -0.3 is 20.1 Å². The number of hydrogen-bond acceptors (Lipinski definition) is 6. The van der Waals surface area contributed by atoms with Gasteiger partial charge in [0.05, 0.1) is 27.4 Å². The largest absolute Gasteiger partial charge is 0.447 e. The van der Waals surface area contributed by atoms with Gasteiger partial charge in [-0.25, -0.2) is 23.4 Å². The van der Waals surface area contributed by atoms with E-state index < -0.39 is 35.9 Å². The summed E-state index contributed by atoms with van der Waals surface area (Å²) in [4.78, 5) is 30.3. The Hall–Kier alpha value is -3.02. The van der Waals surface area contributed by atoms with Gasteiger partial charge in [-0.05, 0) is 43.2 Å². The number of ether oxygens (including phenoxy) is 1. The van der Waals surface area contributed by atoms with Crippen LogP contribution in [0.3, 0.4) is 0 Å². The SMILES string of the molecule is C[C@@H](O)C[C@@H](COC(=O)Nc1nc2ccc(F)cc2s1)N(C)C(=O)NCc1cccc(F)c1Cl. The van der Waals surface area contributed by atoms with Gasteiger partial charge in [0.2, 0.25) is 0 Å². The molecular weight excluding hydrogens is 490 g/mol. The molecule has 182 valence electrons. The van der Waals surface area contributed by atoms with Gasteiger partial charge in [0, 0.05) is 13.6 Å². The van der Waals surface area contributed by atoms with Crippen molar-refractivity contribution in [1.82, 2.24) is 15.2 Å². The van der Waals surface area contributed by atoms with Crippen molar-refractivity contribution in [2.75, 3.05) is 19.0 Å². The van der Waals surface area contributed by atoms with Crippen molar-refractivity contribution in [3.05, 3.63) is 58.6 Å². The molecule has 1 aromatic heterocycles. The van der Waals surface area contributed by atoms with E-state index in [1.54, 1.807) is 13.0 Å². The summed E-state index contributed by atoms with van der Waals surface area (Å²) in [7, 11) is 1.49. The lowest BCUT2D eigenvalue weighted by Gasteiger charge is -2.29. The summed E-state index contributed by atoms with van der Waals surface area (Å²) in [5, 5.41) is 15.1. The Balaban J connectivity index is 1.57. The van der Waals surface area contributed by atoms with Gasteiger partial charge in [-0.15, -0.1) is 0 Å². The topological polar surface area (TPSA) is 104 Å². The summed E-state index contributed by atoms with van der Waals surface area (Å²) in [5.74, 6) is -1.00. The maximum Gasteiger partial charge on any atom is 0.413 e. The minimum Gasteiger partial charge on any atom is -0.447 e. The number of aliphatic hydroxyl groups excluding tert-OH is 1. The van der Waals surface area contributed by atoms with Crippen molar-refractivity contribution >= 4 is 50.4 Å². The first kappa shape index (κ1) is 25.6. The van der Waals surface area contributed by atoms with Gasteiger partial charge in [0.25, 0.3) is 0 Å². The van der Waals surface area contributed by atoms with Crippen LogP contribution < -0.4 is 10.6 Å². The van der Waals surface area contributed by atoms with E-state index in [0.717, 1.165) is 11.3 Å². The van der Waals surface area contributed by atoms with Crippen LogP contribution in [0, 0.1) is 11.6 Å². The molecule has 3 aromatic rings. The molecule has 0 spiro atoms. The van der Waals surface area contributed by atoms with E-state index in [4.69, 9.17) is 16.3 Å². The molecule has 0 saturated carbocycles. The predicted molar refractivity (Wildman–Crippen MR) is 126 cm³/mol. The van der Waals surface area contributed by atoms with Gasteiger partial charge in [0.1, 0.15) is 18.2 Å². The Kier molecular flexibility index (Phi) is 8.59. The molecule has 3 rings (SSSR count). The quantitative estimate of drug-likeness (QED) is 0.404. The number of fused-ring (bicyclic) bond motifs is 1. The Morgan fingerprint density at radius 2 is 2.06 bits per heavy atom. The highest BCUT2D eigenvalue weighted by molar-refractivity contribution is 7.22. The Labute approximate surface area is 203 Å². The van der Waals surface area contributed by atoms with Crippen LogP contribution in [0.15, 0.2) is 36.4 Å². The van der Waals surface area contributed by atoms with Crippen LogP contribution in [0.5, 0.6) is 0 Å². The first-order chi connectivity index (χ1) is 16.1. The third kappa shape index (κ3) is 6.75. The molecule has 0 fully saturated rings. The van der Waals surface area contributed by atoms with Crippen molar-refractivity contribution in [2.45, 2.75) is 32.0 Å². The minimum absolute atomic E-state index is 0.0132. The molecule has 0 saturated heterocycles. The van der Waals surface area contributed by atoms with Crippen molar-refractivity contribution in [2.24, 2.45) is 0 Å². The van der Waals surface area contributed by atoms with Crippen LogP contribution in [0.1, 0.15) is 18.9 Å². The van der Waals surface area contributed by atoms with E-state index in [0.29, 0.717) is 15.8 Å². The fourth-order valence-corrected chi connectivity index (χ4v) is 4.19. The van der Waals surface area contributed by atoms with Gasteiger partial charge in [-0.3, -0.25) is 5.32 Å². The molecule has 0 bridgehead atoms. The van der Waals surface area contributed by atoms with Crippen molar-refractivity contribution in [3.8, 4) is 0 Å². The second-order valence-corrected chi connectivity index (χ2v) is 8.98. The summed E-state index contributed by atoms with van der Waals surface area (Å²) in [6.07, 6.45) is -1.45. The molecule has 0 aliphatic carbocycles. The Morgan fingerprint density at radius 1 is 1.29 bits per heavy atom. The maximum atomic E-state index is 13.6. The lowest BCUT2D eigenvalue weighted by molar-refractivity contribution is 0.0848. The molecule has 34 heavy (non-hydrogen) atoms. The number of rotatable bonds is 8. The monoisotopic (exact) mass is 512 g/mol. The standard InChI is InChI=1S/C22H23ClF2N4O4S/c1-12(30)8-15(29(2)21(31)26-10-13-4-3-5-16(25)19(13)23)11-33-22(32)28-20-27-17-7-6-14(24)9-18(17)34-20/h3-7,9,12,15,30H,8,10-11H2,1-2H3,(H,26,31)(H,27,28,32)/t12-,15+/m1/s1. The summed E-state index contributed by atoms with van der Waals surface area (Å²) < 4.78 is 32.7. The number of thiazole rings is 1. The molecule has 2 aromatic carbocycles. The molecule has 2 atom stereocenters. The highest BCUT2D eigenvalue weighted by Gasteiger charge is 2.24. The minimum atomic E-state index is -0.810. The van der Waals surface area contributed by atoms with Crippen molar-refractivity contribution in [3.63, 3.8) is 0 Å². The molecular formula is C22H23ClF2N4O4S. The normalized spacial score (nSPS) is 12.8. The summed E-state index contributed by atoms with van der Waals surface area (Å²) in [6.45, 7) is 1.33. The van der Waals surface area contributed by atoms with Gasteiger partial charge in [-0.1, -0.05) is 35.1 Å². The number of anilines is 1. The first-order valence-corrected chi connectivity index (χ1v) is 11.4. The summed E-state index contributed by atoms with van der Waals surface area (Å²) in [6, 6.07) is 7.19. The number of carbonyl (C=O) groups is 2. The molecule has 0 aliphatic rings. The molecule has 8 nitrogen and oxygen atoms in total. The first-order valence-electron chi connectivity index (χ1n) is 10.3. The number of likely N-dealkylation sites (N-methyl/N-ethyl adjacent to an activating group) is 1. The van der Waals surface area contributed by atoms with Crippen LogP contribution in [0.2, 0.25) is 5.02 Å². The molecule has 0 aliphatic heterocycles. The molecule has 12 heteroatoms. The van der Waals surface area contributed by atoms with E-state index in [2.05, 4.69) is 15.6 Å². The number of halogens is 3. The predicted octanol–water partition coefficient (Wildman–Crippen LogP) is 4.76. The van der Waals surface area contributed by atoms with Crippen LogP contribution in [0.25, 0.3) is 10.2 Å². The smallest absolute Gasteiger partial charge is 0.413 e. The van der Waals surface area contributed by atoms with Crippen LogP contribution in [0.4, 0.5) is 23.5 Å². The lowest BCUT2D eigenvalue weighted by Crippen LogP contribution is -2.47. The molecule has 0 radical (unpaired) electrons. The third-order valence-electron chi connectivity index (χ3n) is 4.91. The van der Waals surface area contributed by atoms with Crippen LogP contribution in [-0.4, -0.2) is 52.9 Å². The number of carbonyl (C=O) groups excluding carboxylic acids is 2. The number of aromatic nitrogens is 1. The number of nitrogens with one attached hydrogen (secondary N) is 2. The van der Waals surface area contributed by atoms with Crippen LogP contribution in [-0.2, 0) is 11.3 Å². The number of urea groups is 1. The number of hydrogen-bond donors (Lipinski definition) is 3. The summed E-state index contributed by atoms with van der Waals surface area (Å²) >= 11 is 7.00. The Bertz CT molecular complexity index is 1180. The lowest BCUT2D eigenvalue weighted by atomic mass is 10.1. The van der Waals surface area contributed by atoms with E-state index in [1.807, 2.05) is 0 Å². The fourth-order valence-electron chi connectivity index (χ4n) is 3.13. The van der Waals surface area contributed by atoms with Crippen molar-refractivity contribution < 1.29 is 28.2 Å². The number of benzene rings is 2. The third-order valence-corrected chi connectivity index (χ3v) is 6.27. The van der Waals surface area contributed by atoms with Crippen molar-refractivity contribution in [1.29, 1.82) is 0 Å². The molecule has 0 unspecified atom stereocenters. The number of nitrogens with zero attached hydrogens (tertiary/aromatic N) is 2. The van der Waals surface area contributed by atoms with E-state index in [-0.39, 0.29) is 29.7 Å². The average Bonchev–Trinajstić information content (AvgIpc) is 3.17. The highest BCUT2D eigenvalue weighted by Crippen LogP contribution is 2.26. The second-order valence-electron chi connectivity index (χ2n) is 7.58. The summed E-state index contributed by atoms with van der Waals surface area (Å²) in [5.41, 5.74) is 0.935. The van der Waals surface area contributed by atoms with E-state index >= 15 is 0 Å². The molecule has 1 heterocycles. The molecule has 3 N–H and O–H groups in total.